The van der Waals surface area contributed by atoms with Crippen molar-refractivity contribution >= 4 is 7.25 Å². The zero-order valence-corrected chi connectivity index (χ0v) is 9.68. The van der Waals surface area contributed by atoms with Gasteiger partial charge >= 0.3 is 7.25 Å². The molecule has 1 heterocycles. The molecule has 1 aromatic carbocycles. The van der Waals surface area contributed by atoms with Gasteiger partial charge in [-0.05, 0) is 12.5 Å². The number of rotatable bonds is 2. The van der Waals surface area contributed by atoms with Gasteiger partial charge in [-0.3, -0.25) is 0 Å². The lowest BCUT2D eigenvalue weighted by Gasteiger charge is -2.12. The first-order valence-corrected chi connectivity index (χ1v) is 5.27. The number of halogens is 4. The highest BCUT2D eigenvalue weighted by molar-refractivity contribution is 6.50. The van der Waals surface area contributed by atoms with Crippen LogP contribution in [0.3, 0.4) is 0 Å². The van der Waals surface area contributed by atoms with Gasteiger partial charge in [0.05, 0.1) is 12.4 Å². The molecule has 1 atom stereocenters. The molecule has 0 saturated heterocycles. The average Bonchev–Trinajstić information content (AvgIpc) is 2.80. The second-order valence-electron chi connectivity index (χ2n) is 3.59. The molecule has 0 aliphatic rings. The zero-order valence-electron chi connectivity index (χ0n) is 9.68. The second kappa shape index (κ2) is 6.23. The molecule has 0 spiro atoms. The number of imidazole rings is 1. The monoisotopic (exact) mass is 259 g/mol. The van der Waals surface area contributed by atoms with E-state index in [-0.39, 0.29) is 0 Å². The van der Waals surface area contributed by atoms with Crippen LogP contribution in [0, 0.1) is 0 Å². The van der Waals surface area contributed by atoms with Crippen LogP contribution in [0.2, 0.25) is 0 Å². The Morgan fingerprint density at radius 1 is 1.11 bits per heavy atom. The van der Waals surface area contributed by atoms with Gasteiger partial charge in [-0.1, -0.05) is 30.3 Å². The molecule has 0 radical (unpaired) electrons. The van der Waals surface area contributed by atoms with Gasteiger partial charge in [-0.15, -0.1) is 0 Å². The van der Waals surface area contributed by atoms with Crippen LogP contribution in [0.25, 0.3) is 0 Å². The number of hydrogen-bond donors (Lipinski definition) is 0. The summed E-state index contributed by atoms with van der Waals surface area (Å²) in [5.41, 5.74) is 1.31. The van der Waals surface area contributed by atoms with E-state index in [2.05, 4.69) is 40.7 Å². The van der Waals surface area contributed by atoms with Crippen LogP contribution in [-0.4, -0.2) is 16.8 Å². The lowest BCUT2D eigenvalue weighted by atomic mass is 10.1. The summed E-state index contributed by atoms with van der Waals surface area (Å²) in [6, 6.07) is 10.8. The first-order chi connectivity index (χ1) is 8.38. The molecule has 2 nitrogen and oxygen atoms in total. The predicted octanol–water partition coefficient (Wildman–Crippen LogP) is 3.79. The van der Waals surface area contributed by atoms with Crippen molar-refractivity contribution in [3.63, 3.8) is 0 Å². The SMILES string of the molecule is CC(c1ccccc1)n1ccnc1.F[B-](F)(F)F. The van der Waals surface area contributed by atoms with Crippen LogP contribution in [0.5, 0.6) is 0 Å². The highest BCUT2D eigenvalue weighted by atomic mass is 19.5. The largest absolute Gasteiger partial charge is 0.673 e. The van der Waals surface area contributed by atoms with Gasteiger partial charge in [0.15, 0.2) is 0 Å². The molecular formula is C11H12BF4N2-. The molecule has 1 aromatic heterocycles. The first kappa shape index (κ1) is 14.3. The van der Waals surface area contributed by atoms with Crippen molar-refractivity contribution in [2.75, 3.05) is 0 Å². The Morgan fingerprint density at radius 2 is 1.67 bits per heavy atom. The van der Waals surface area contributed by atoms with Gasteiger partial charge in [0, 0.05) is 12.4 Å². The molecule has 1 unspecified atom stereocenters. The molecular weight excluding hydrogens is 247 g/mol. The maximum absolute atomic E-state index is 9.75. The molecule has 2 aromatic rings. The van der Waals surface area contributed by atoms with Crippen molar-refractivity contribution in [2.24, 2.45) is 0 Å². The van der Waals surface area contributed by atoms with E-state index in [0.29, 0.717) is 6.04 Å². The van der Waals surface area contributed by atoms with Gasteiger partial charge in [0.25, 0.3) is 0 Å². The van der Waals surface area contributed by atoms with E-state index < -0.39 is 7.25 Å². The predicted molar refractivity (Wildman–Crippen MR) is 62.7 cm³/mol. The Morgan fingerprint density at radius 3 is 2.11 bits per heavy atom. The fraction of sp³-hybridized carbons (Fsp3) is 0.182. The van der Waals surface area contributed by atoms with Crippen molar-refractivity contribution in [3.05, 3.63) is 54.6 Å². The highest BCUT2D eigenvalue weighted by Gasteiger charge is 2.20. The lowest BCUT2D eigenvalue weighted by Crippen LogP contribution is -2.03. The zero-order chi connectivity index (χ0) is 13.6. The fourth-order valence-corrected chi connectivity index (χ4v) is 1.40. The van der Waals surface area contributed by atoms with Gasteiger partial charge in [0.1, 0.15) is 0 Å². The van der Waals surface area contributed by atoms with Crippen LogP contribution in [0.15, 0.2) is 49.1 Å². The summed E-state index contributed by atoms with van der Waals surface area (Å²) in [7, 11) is -6.00. The Labute approximate surface area is 102 Å². The summed E-state index contributed by atoms with van der Waals surface area (Å²) in [5.74, 6) is 0. The van der Waals surface area contributed by atoms with Crippen molar-refractivity contribution in [3.8, 4) is 0 Å². The number of nitrogens with zero attached hydrogens (tertiary/aromatic N) is 2. The fourth-order valence-electron chi connectivity index (χ4n) is 1.40. The summed E-state index contributed by atoms with van der Waals surface area (Å²) in [5, 5.41) is 0. The lowest BCUT2D eigenvalue weighted by molar-refractivity contribution is 0.368. The molecule has 0 aliphatic carbocycles. The normalized spacial score (nSPS) is 12.5. The minimum atomic E-state index is -6.00. The van der Waals surface area contributed by atoms with Crippen molar-refractivity contribution in [2.45, 2.75) is 13.0 Å². The van der Waals surface area contributed by atoms with Crippen molar-refractivity contribution < 1.29 is 17.3 Å². The molecule has 98 valence electrons. The van der Waals surface area contributed by atoms with Crippen LogP contribution >= 0.6 is 0 Å². The van der Waals surface area contributed by atoms with E-state index in [0.717, 1.165) is 0 Å². The maximum Gasteiger partial charge on any atom is 0.673 e. The third-order valence-corrected chi connectivity index (χ3v) is 2.25. The summed E-state index contributed by atoms with van der Waals surface area (Å²) in [6.45, 7) is 2.16. The smallest absolute Gasteiger partial charge is 0.418 e. The topological polar surface area (TPSA) is 17.8 Å². The van der Waals surface area contributed by atoms with E-state index in [1.54, 1.807) is 6.20 Å². The molecule has 0 amide bonds. The minimum absolute atomic E-state index is 0.365. The summed E-state index contributed by atoms with van der Waals surface area (Å²) in [4.78, 5) is 4.03. The van der Waals surface area contributed by atoms with Crippen molar-refractivity contribution in [1.82, 2.24) is 9.55 Å². The Kier molecular flexibility index (Phi) is 4.94. The summed E-state index contributed by atoms with van der Waals surface area (Å²) in [6.07, 6.45) is 5.63. The quantitative estimate of drug-likeness (QED) is 0.592. The Bertz CT molecular complexity index is 436. The highest BCUT2D eigenvalue weighted by Crippen LogP contribution is 2.15. The van der Waals surface area contributed by atoms with Gasteiger partial charge in [-0.2, -0.15) is 0 Å². The number of aromatic nitrogens is 2. The van der Waals surface area contributed by atoms with Gasteiger partial charge < -0.3 is 21.8 Å². The van der Waals surface area contributed by atoms with E-state index in [1.807, 2.05) is 18.6 Å². The standard InChI is InChI=1S/C11H12N2.BF4/c1-10(13-8-7-12-9-13)11-5-3-2-4-6-11;2-1(3,4)5/h2-10H,1H3;/q;-1. The summed E-state index contributed by atoms with van der Waals surface area (Å²) >= 11 is 0. The van der Waals surface area contributed by atoms with Crippen molar-refractivity contribution in [1.29, 1.82) is 0 Å². The molecule has 0 bridgehead atoms. The van der Waals surface area contributed by atoms with Crippen LogP contribution < -0.4 is 0 Å². The van der Waals surface area contributed by atoms with Gasteiger partial charge in [-0.25, -0.2) is 4.98 Å². The van der Waals surface area contributed by atoms with E-state index >= 15 is 0 Å². The summed E-state index contributed by atoms with van der Waals surface area (Å²) < 4.78 is 41.1. The number of benzene rings is 1. The molecule has 0 saturated carbocycles. The Hall–Kier alpha value is -1.79. The molecule has 2 rings (SSSR count). The van der Waals surface area contributed by atoms with E-state index in [1.165, 1.54) is 5.56 Å². The first-order valence-electron chi connectivity index (χ1n) is 5.27. The third-order valence-electron chi connectivity index (χ3n) is 2.25. The van der Waals surface area contributed by atoms with Crippen LogP contribution in [0.4, 0.5) is 17.3 Å². The third kappa shape index (κ3) is 5.52. The molecule has 0 aliphatic heterocycles. The van der Waals surface area contributed by atoms with Crippen LogP contribution in [0.1, 0.15) is 18.5 Å². The van der Waals surface area contributed by atoms with E-state index in [4.69, 9.17) is 0 Å². The second-order valence-corrected chi connectivity index (χ2v) is 3.59. The number of hydrogen-bond acceptors (Lipinski definition) is 1. The van der Waals surface area contributed by atoms with Gasteiger partial charge in [0.2, 0.25) is 0 Å². The maximum atomic E-state index is 9.75. The molecule has 0 fully saturated rings. The van der Waals surface area contributed by atoms with E-state index in [9.17, 15) is 17.3 Å². The Balaban J connectivity index is 0.000000280. The average molecular weight is 259 g/mol. The molecule has 18 heavy (non-hydrogen) atoms. The van der Waals surface area contributed by atoms with Crippen LogP contribution in [-0.2, 0) is 0 Å². The molecule has 0 N–H and O–H groups in total. The minimum Gasteiger partial charge on any atom is -0.418 e. The molecule has 7 heteroatoms.